The van der Waals surface area contributed by atoms with E-state index in [0.29, 0.717) is 23.0 Å². The number of rotatable bonds is 9. The van der Waals surface area contributed by atoms with E-state index in [1.165, 1.54) is 6.07 Å². The summed E-state index contributed by atoms with van der Waals surface area (Å²) in [5, 5.41) is 27.3. The van der Waals surface area contributed by atoms with Crippen molar-refractivity contribution in [3.63, 3.8) is 0 Å². The number of anilines is 2. The average Bonchev–Trinajstić information content (AvgIpc) is 2.76. The van der Waals surface area contributed by atoms with Crippen LogP contribution in [0.5, 0.6) is 0 Å². The van der Waals surface area contributed by atoms with E-state index in [1.807, 2.05) is 44.2 Å². The van der Waals surface area contributed by atoms with E-state index in [4.69, 9.17) is 0 Å². The molecule has 0 spiro atoms. The highest BCUT2D eigenvalue weighted by Gasteiger charge is 2.16. The van der Waals surface area contributed by atoms with Crippen LogP contribution in [0.3, 0.4) is 0 Å². The van der Waals surface area contributed by atoms with Crippen LogP contribution in [0.1, 0.15) is 19.4 Å². The Balaban J connectivity index is 1.91. The van der Waals surface area contributed by atoms with Crippen LogP contribution >= 0.6 is 0 Å². The number of aromatic nitrogens is 2. The zero-order chi connectivity index (χ0) is 21.5. The summed E-state index contributed by atoms with van der Waals surface area (Å²) >= 11 is 0. The van der Waals surface area contributed by atoms with Crippen LogP contribution in [0.4, 0.5) is 17.5 Å². The molecule has 3 aromatic rings. The first kappa shape index (κ1) is 21.2. The van der Waals surface area contributed by atoms with Gasteiger partial charge in [-0.2, -0.15) is 4.98 Å². The van der Waals surface area contributed by atoms with Gasteiger partial charge >= 0.3 is 0 Å². The molecule has 1 atom stereocenters. The standard InChI is InChI=1S/C22H25N5O3/c1-15(2)19(14-28)25-22-24-18(16-8-4-3-5-9-16)12-21(26-22)23-13-17-10-6-7-11-20(17)27(29)30/h3-12,15,19,28H,13-14H2,1-2H3,(H2,23,24,25,26)/t19-/m0/s1. The fourth-order valence-corrected chi connectivity index (χ4v) is 2.97. The first-order valence-electron chi connectivity index (χ1n) is 9.76. The van der Waals surface area contributed by atoms with E-state index < -0.39 is 4.92 Å². The fraction of sp³-hybridized carbons (Fsp3) is 0.273. The summed E-state index contributed by atoms with van der Waals surface area (Å²) in [6, 6.07) is 17.9. The summed E-state index contributed by atoms with van der Waals surface area (Å²) in [5.74, 6) is 1.10. The van der Waals surface area contributed by atoms with Gasteiger partial charge in [-0.3, -0.25) is 10.1 Å². The normalized spacial score (nSPS) is 11.9. The first-order chi connectivity index (χ1) is 14.5. The Kier molecular flexibility index (Phi) is 6.92. The highest BCUT2D eigenvalue weighted by Crippen LogP contribution is 2.24. The lowest BCUT2D eigenvalue weighted by molar-refractivity contribution is -0.385. The number of nitro groups is 1. The van der Waals surface area contributed by atoms with Crippen LogP contribution in [0.25, 0.3) is 11.3 Å². The van der Waals surface area contributed by atoms with E-state index in [2.05, 4.69) is 20.6 Å². The van der Waals surface area contributed by atoms with Crippen LogP contribution in [0.2, 0.25) is 0 Å². The summed E-state index contributed by atoms with van der Waals surface area (Å²) in [6.45, 7) is 4.20. The highest BCUT2D eigenvalue weighted by molar-refractivity contribution is 5.64. The van der Waals surface area contributed by atoms with Crippen LogP contribution in [-0.2, 0) is 6.54 Å². The van der Waals surface area contributed by atoms with E-state index in [-0.39, 0.29) is 30.8 Å². The molecular formula is C22H25N5O3. The number of hydrogen-bond donors (Lipinski definition) is 3. The summed E-state index contributed by atoms with van der Waals surface area (Å²) < 4.78 is 0. The molecule has 0 radical (unpaired) electrons. The molecule has 3 rings (SSSR count). The third-order valence-corrected chi connectivity index (χ3v) is 4.76. The quantitative estimate of drug-likeness (QED) is 0.362. The minimum atomic E-state index is -0.395. The maximum Gasteiger partial charge on any atom is 0.274 e. The van der Waals surface area contributed by atoms with Gasteiger partial charge in [-0.05, 0) is 5.92 Å². The molecule has 0 saturated heterocycles. The van der Waals surface area contributed by atoms with Gasteiger partial charge in [0.25, 0.3) is 5.69 Å². The topological polar surface area (TPSA) is 113 Å². The summed E-state index contributed by atoms with van der Waals surface area (Å²) in [5.41, 5.74) is 2.24. The third kappa shape index (κ3) is 5.30. The van der Waals surface area contributed by atoms with E-state index >= 15 is 0 Å². The average molecular weight is 407 g/mol. The number of hydrogen-bond acceptors (Lipinski definition) is 7. The number of nitro benzene ring substituents is 1. The zero-order valence-corrected chi connectivity index (χ0v) is 16.9. The van der Waals surface area contributed by atoms with Gasteiger partial charge in [0, 0.05) is 29.8 Å². The molecule has 1 aromatic heterocycles. The number of aliphatic hydroxyl groups is 1. The van der Waals surface area contributed by atoms with Crippen molar-refractivity contribution in [2.24, 2.45) is 5.92 Å². The second-order valence-electron chi connectivity index (χ2n) is 7.24. The lowest BCUT2D eigenvalue weighted by atomic mass is 10.1. The Hall–Kier alpha value is -3.52. The Morgan fingerprint density at radius 3 is 2.43 bits per heavy atom. The molecular weight excluding hydrogens is 382 g/mol. The van der Waals surface area contributed by atoms with Gasteiger partial charge in [0.15, 0.2) is 0 Å². The predicted octanol–water partition coefficient (Wildman–Crippen LogP) is 4.09. The van der Waals surface area contributed by atoms with Crippen molar-refractivity contribution in [1.29, 1.82) is 0 Å². The van der Waals surface area contributed by atoms with Crippen LogP contribution in [0, 0.1) is 16.0 Å². The second-order valence-corrected chi connectivity index (χ2v) is 7.24. The second kappa shape index (κ2) is 9.80. The minimum absolute atomic E-state index is 0.0461. The van der Waals surface area contributed by atoms with E-state index in [9.17, 15) is 15.2 Å². The number of aliphatic hydroxyl groups excluding tert-OH is 1. The summed E-state index contributed by atoms with van der Waals surface area (Å²) in [4.78, 5) is 20.0. The molecule has 8 nitrogen and oxygen atoms in total. The van der Waals surface area contributed by atoms with Crippen molar-refractivity contribution in [2.75, 3.05) is 17.2 Å². The Labute approximate surface area is 175 Å². The number of para-hydroxylation sites is 1. The SMILES string of the molecule is CC(C)[C@H](CO)Nc1nc(NCc2ccccc2[N+](=O)[O-])cc(-c2ccccc2)n1. The number of benzene rings is 2. The molecule has 0 unspecified atom stereocenters. The maximum absolute atomic E-state index is 11.3. The third-order valence-electron chi connectivity index (χ3n) is 4.76. The largest absolute Gasteiger partial charge is 0.394 e. The highest BCUT2D eigenvalue weighted by atomic mass is 16.6. The molecule has 2 aromatic carbocycles. The lowest BCUT2D eigenvalue weighted by Gasteiger charge is -2.20. The van der Waals surface area contributed by atoms with Gasteiger partial charge in [0.05, 0.1) is 23.3 Å². The van der Waals surface area contributed by atoms with Crippen LogP contribution in [0.15, 0.2) is 60.7 Å². The number of nitrogens with one attached hydrogen (secondary N) is 2. The molecule has 3 N–H and O–H groups in total. The van der Waals surface area contributed by atoms with Crippen molar-refractivity contribution in [1.82, 2.24) is 9.97 Å². The Bertz CT molecular complexity index is 995. The predicted molar refractivity (Wildman–Crippen MR) is 117 cm³/mol. The summed E-state index contributed by atoms with van der Waals surface area (Å²) in [7, 11) is 0. The molecule has 0 aliphatic carbocycles. The molecule has 1 heterocycles. The monoisotopic (exact) mass is 407 g/mol. The minimum Gasteiger partial charge on any atom is -0.394 e. The van der Waals surface area contributed by atoms with Gasteiger partial charge in [0.1, 0.15) is 5.82 Å². The van der Waals surface area contributed by atoms with Gasteiger partial charge < -0.3 is 15.7 Å². The van der Waals surface area contributed by atoms with Crippen molar-refractivity contribution in [2.45, 2.75) is 26.4 Å². The lowest BCUT2D eigenvalue weighted by Crippen LogP contribution is -2.30. The Morgan fingerprint density at radius 1 is 1.07 bits per heavy atom. The molecule has 0 aliphatic rings. The van der Waals surface area contributed by atoms with E-state index in [0.717, 1.165) is 5.56 Å². The molecule has 0 amide bonds. The molecule has 0 saturated carbocycles. The zero-order valence-electron chi connectivity index (χ0n) is 16.9. The van der Waals surface area contributed by atoms with Crippen molar-refractivity contribution >= 4 is 17.5 Å². The Morgan fingerprint density at radius 2 is 1.77 bits per heavy atom. The van der Waals surface area contributed by atoms with Crippen molar-refractivity contribution < 1.29 is 10.0 Å². The number of nitrogens with zero attached hydrogens (tertiary/aromatic N) is 3. The molecule has 30 heavy (non-hydrogen) atoms. The summed E-state index contributed by atoms with van der Waals surface area (Å²) in [6.07, 6.45) is 0. The van der Waals surface area contributed by atoms with Crippen LogP contribution in [-0.4, -0.2) is 32.6 Å². The first-order valence-corrected chi connectivity index (χ1v) is 9.76. The van der Waals surface area contributed by atoms with Crippen molar-refractivity contribution in [3.8, 4) is 11.3 Å². The maximum atomic E-state index is 11.3. The van der Waals surface area contributed by atoms with Gasteiger partial charge in [-0.25, -0.2) is 4.98 Å². The smallest absolute Gasteiger partial charge is 0.274 e. The van der Waals surface area contributed by atoms with Gasteiger partial charge in [-0.15, -0.1) is 0 Å². The molecule has 156 valence electrons. The van der Waals surface area contributed by atoms with E-state index in [1.54, 1.807) is 24.3 Å². The molecule has 0 fully saturated rings. The van der Waals surface area contributed by atoms with Crippen molar-refractivity contribution in [3.05, 3.63) is 76.3 Å². The van der Waals surface area contributed by atoms with Gasteiger partial charge in [0.2, 0.25) is 5.95 Å². The van der Waals surface area contributed by atoms with Gasteiger partial charge in [-0.1, -0.05) is 62.4 Å². The molecule has 0 bridgehead atoms. The molecule has 0 aliphatic heterocycles. The fourth-order valence-electron chi connectivity index (χ4n) is 2.97. The molecule has 8 heteroatoms. The van der Waals surface area contributed by atoms with Crippen LogP contribution < -0.4 is 10.6 Å².